The Hall–Kier alpha value is -2.17. The Morgan fingerprint density at radius 3 is 2.94 bits per heavy atom. The van der Waals surface area contributed by atoms with Gasteiger partial charge in [-0.2, -0.15) is 5.10 Å². The number of H-pyrrole nitrogens is 1. The minimum absolute atomic E-state index is 0.278. The molecule has 3 rings (SSSR count). The molecule has 0 atom stereocenters. The van der Waals surface area contributed by atoms with E-state index in [0.717, 1.165) is 28.2 Å². The summed E-state index contributed by atoms with van der Waals surface area (Å²) >= 11 is 0. The van der Waals surface area contributed by atoms with Gasteiger partial charge in [0.1, 0.15) is 5.82 Å². The summed E-state index contributed by atoms with van der Waals surface area (Å²) in [5.74, 6) is 2.13. The summed E-state index contributed by atoms with van der Waals surface area (Å²) in [6.07, 6.45) is 1.71. The van der Waals surface area contributed by atoms with Gasteiger partial charge >= 0.3 is 0 Å². The van der Waals surface area contributed by atoms with Crippen molar-refractivity contribution < 1.29 is 9.47 Å². The molecule has 0 amide bonds. The molecule has 0 saturated heterocycles. The van der Waals surface area contributed by atoms with Crippen LogP contribution in [0.1, 0.15) is 5.56 Å². The molecule has 1 aromatic carbocycles. The molecule has 2 heterocycles. The van der Waals surface area contributed by atoms with Crippen LogP contribution in [0.25, 0.3) is 11.1 Å². The van der Waals surface area contributed by atoms with Crippen molar-refractivity contribution in [3.8, 4) is 22.6 Å². The molecule has 82 valence electrons. The Balaban J connectivity index is 2.20. The summed E-state index contributed by atoms with van der Waals surface area (Å²) in [5, 5.41) is 6.63. The average molecular weight is 217 g/mol. The van der Waals surface area contributed by atoms with E-state index in [1.54, 1.807) is 6.20 Å². The Kier molecular flexibility index (Phi) is 1.80. The number of rotatable bonds is 1. The summed E-state index contributed by atoms with van der Waals surface area (Å²) in [5.41, 5.74) is 8.71. The number of anilines is 1. The molecule has 0 spiro atoms. The van der Waals surface area contributed by atoms with Crippen molar-refractivity contribution in [3.63, 3.8) is 0 Å². The van der Waals surface area contributed by atoms with E-state index in [9.17, 15) is 0 Å². The number of ether oxygens (including phenoxy) is 2. The molecule has 3 N–H and O–H groups in total. The van der Waals surface area contributed by atoms with Crippen molar-refractivity contribution >= 4 is 5.82 Å². The van der Waals surface area contributed by atoms with Gasteiger partial charge in [-0.05, 0) is 24.6 Å². The smallest absolute Gasteiger partial charge is 0.231 e. The maximum atomic E-state index is 5.80. The lowest BCUT2D eigenvalue weighted by Crippen LogP contribution is -1.94. The van der Waals surface area contributed by atoms with Crippen LogP contribution >= 0.6 is 0 Å². The molecule has 0 radical (unpaired) electrons. The van der Waals surface area contributed by atoms with Gasteiger partial charge in [-0.3, -0.25) is 5.10 Å². The van der Waals surface area contributed by atoms with Crippen LogP contribution in [0.3, 0.4) is 0 Å². The first-order chi connectivity index (χ1) is 7.77. The normalized spacial score (nSPS) is 13.1. The number of hydrogen-bond donors (Lipinski definition) is 2. The molecular weight excluding hydrogens is 206 g/mol. The summed E-state index contributed by atoms with van der Waals surface area (Å²) in [4.78, 5) is 0. The second-order valence-electron chi connectivity index (χ2n) is 3.67. The number of nitrogen functional groups attached to an aromatic ring is 1. The zero-order valence-electron chi connectivity index (χ0n) is 8.78. The van der Waals surface area contributed by atoms with Crippen molar-refractivity contribution in [2.45, 2.75) is 6.92 Å². The molecule has 0 saturated carbocycles. The van der Waals surface area contributed by atoms with Gasteiger partial charge in [-0.15, -0.1) is 0 Å². The summed E-state index contributed by atoms with van der Waals surface area (Å²) < 4.78 is 10.7. The van der Waals surface area contributed by atoms with Gasteiger partial charge in [-0.1, -0.05) is 0 Å². The highest BCUT2D eigenvalue weighted by atomic mass is 16.7. The minimum atomic E-state index is 0.278. The highest BCUT2D eigenvalue weighted by molar-refractivity contribution is 5.78. The number of nitrogens with two attached hydrogens (primary N) is 1. The molecule has 2 aromatic rings. The van der Waals surface area contributed by atoms with Crippen molar-refractivity contribution in [1.82, 2.24) is 10.2 Å². The molecule has 5 heteroatoms. The first-order valence-corrected chi connectivity index (χ1v) is 4.96. The number of aromatic nitrogens is 2. The lowest BCUT2D eigenvalue weighted by molar-refractivity contribution is 0.173. The first kappa shape index (κ1) is 9.08. The van der Waals surface area contributed by atoms with Crippen LogP contribution in [0.2, 0.25) is 0 Å². The highest BCUT2D eigenvalue weighted by Gasteiger charge is 2.19. The van der Waals surface area contributed by atoms with E-state index >= 15 is 0 Å². The number of nitrogens with zero attached hydrogens (tertiary/aromatic N) is 1. The van der Waals surface area contributed by atoms with Crippen LogP contribution < -0.4 is 15.2 Å². The van der Waals surface area contributed by atoms with Crippen LogP contribution in [0.4, 0.5) is 5.82 Å². The van der Waals surface area contributed by atoms with E-state index in [1.807, 2.05) is 19.1 Å². The molecule has 1 aliphatic rings. The van der Waals surface area contributed by atoms with Gasteiger partial charge in [0.25, 0.3) is 0 Å². The lowest BCUT2D eigenvalue weighted by Gasteiger charge is -2.07. The predicted octanol–water partition coefficient (Wildman–Crippen LogP) is 1.70. The molecular formula is C11H11N3O2. The first-order valence-electron chi connectivity index (χ1n) is 4.96. The van der Waals surface area contributed by atoms with Gasteiger partial charge in [0.05, 0.1) is 6.20 Å². The van der Waals surface area contributed by atoms with Gasteiger partial charge in [-0.25, -0.2) is 0 Å². The molecule has 1 aromatic heterocycles. The maximum absolute atomic E-state index is 5.80. The standard InChI is InChI=1S/C11H11N3O2/c1-6-7(8-4-13-14-11(8)12)2-3-9-10(6)16-5-15-9/h2-4H,5H2,1H3,(H3,12,13,14). The van der Waals surface area contributed by atoms with E-state index in [1.165, 1.54) is 0 Å². The molecule has 0 aliphatic carbocycles. The third kappa shape index (κ3) is 1.14. The highest BCUT2D eigenvalue weighted by Crippen LogP contribution is 2.41. The monoisotopic (exact) mass is 217 g/mol. The van der Waals surface area contributed by atoms with Crippen molar-refractivity contribution in [2.24, 2.45) is 0 Å². The van der Waals surface area contributed by atoms with Crippen LogP contribution in [0.5, 0.6) is 11.5 Å². The van der Waals surface area contributed by atoms with E-state index in [2.05, 4.69) is 10.2 Å². The lowest BCUT2D eigenvalue weighted by atomic mass is 10.0. The fraction of sp³-hybridized carbons (Fsp3) is 0.182. The van der Waals surface area contributed by atoms with E-state index in [-0.39, 0.29) is 6.79 Å². The molecule has 0 bridgehead atoms. The fourth-order valence-electron chi connectivity index (χ4n) is 1.91. The molecule has 1 aliphatic heterocycles. The number of benzene rings is 1. The Bertz CT molecular complexity index is 548. The quantitative estimate of drug-likeness (QED) is 0.762. The van der Waals surface area contributed by atoms with Gasteiger partial charge in [0.2, 0.25) is 6.79 Å². The minimum Gasteiger partial charge on any atom is -0.454 e. The largest absolute Gasteiger partial charge is 0.454 e. The zero-order valence-corrected chi connectivity index (χ0v) is 8.78. The Morgan fingerprint density at radius 1 is 1.31 bits per heavy atom. The Labute approximate surface area is 92.2 Å². The zero-order chi connectivity index (χ0) is 11.1. The second kappa shape index (κ2) is 3.16. The summed E-state index contributed by atoms with van der Waals surface area (Å²) in [6, 6.07) is 3.85. The number of nitrogens with one attached hydrogen (secondary N) is 1. The predicted molar refractivity (Wildman–Crippen MR) is 59.3 cm³/mol. The summed E-state index contributed by atoms with van der Waals surface area (Å²) in [7, 11) is 0. The van der Waals surface area contributed by atoms with Gasteiger partial charge in [0.15, 0.2) is 11.5 Å². The van der Waals surface area contributed by atoms with Crippen LogP contribution in [0, 0.1) is 6.92 Å². The van der Waals surface area contributed by atoms with Crippen LogP contribution in [0.15, 0.2) is 18.3 Å². The fourth-order valence-corrected chi connectivity index (χ4v) is 1.91. The van der Waals surface area contributed by atoms with E-state index in [4.69, 9.17) is 15.2 Å². The van der Waals surface area contributed by atoms with E-state index < -0.39 is 0 Å². The number of aromatic amines is 1. The van der Waals surface area contributed by atoms with Gasteiger partial charge in [0, 0.05) is 11.1 Å². The van der Waals surface area contributed by atoms with Crippen LogP contribution in [-0.4, -0.2) is 17.0 Å². The topological polar surface area (TPSA) is 73.2 Å². The summed E-state index contributed by atoms with van der Waals surface area (Å²) in [6.45, 7) is 2.26. The third-order valence-electron chi connectivity index (χ3n) is 2.75. The third-order valence-corrected chi connectivity index (χ3v) is 2.75. The maximum Gasteiger partial charge on any atom is 0.231 e. The van der Waals surface area contributed by atoms with Gasteiger partial charge < -0.3 is 15.2 Å². The Morgan fingerprint density at radius 2 is 2.19 bits per heavy atom. The van der Waals surface area contributed by atoms with Crippen molar-refractivity contribution in [3.05, 3.63) is 23.9 Å². The average Bonchev–Trinajstić information content (AvgIpc) is 2.88. The van der Waals surface area contributed by atoms with Crippen molar-refractivity contribution in [2.75, 3.05) is 12.5 Å². The SMILES string of the molecule is Cc1c(-c2cn[nH]c2N)ccc2c1OCO2. The number of hydrogen-bond acceptors (Lipinski definition) is 4. The second-order valence-corrected chi connectivity index (χ2v) is 3.67. The van der Waals surface area contributed by atoms with E-state index in [0.29, 0.717) is 5.82 Å². The molecule has 0 fully saturated rings. The molecule has 0 unspecified atom stereocenters. The molecule has 5 nitrogen and oxygen atoms in total. The van der Waals surface area contributed by atoms with Crippen LogP contribution in [-0.2, 0) is 0 Å². The number of fused-ring (bicyclic) bond motifs is 1. The van der Waals surface area contributed by atoms with Crippen molar-refractivity contribution in [1.29, 1.82) is 0 Å². The molecule has 16 heavy (non-hydrogen) atoms.